The second-order valence-electron chi connectivity index (χ2n) is 2.16. The van der Waals surface area contributed by atoms with Gasteiger partial charge in [0.25, 0.3) is 0 Å². The second kappa shape index (κ2) is 8.96. The van der Waals surface area contributed by atoms with Crippen molar-refractivity contribution in [1.82, 2.24) is 0 Å². The average molecular weight is 280 g/mol. The van der Waals surface area contributed by atoms with Gasteiger partial charge in [-0.05, 0) is 16.6 Å². The van der Waals surface area contributed by atoms with Crippen LogP contribution < -0.4 is 0 Å². The summed E-state index contributed by atoms with van der Waals surface area (Å²) >= 11 is 2.07. The summed E-state index contributed by atoms with van der Waals surface area (Å²) in [6.07, 6.45) is 8.97. The SMILES string of the molecule is OC/C=C/C=C\CC(O)/C=C/I. The van der Waals surface area contributed by atoms with Gasteiger partial charge in [-0.25, -0.2) is 0 Å². The smallest absolute Gasteiger partial charge is 0.0762 e. The van der Waals surface area contributed by atoms with Gasteiger partial charge in [0, 0.05) is 0 Å². The summed E-state index contributed by atoms with van der Waals surface area (Å²) in [5.41, 5.74) is 0. The summed E-state index contributed by atoms with van der Waals surface area (Å²) in [6, 6.07) is 0. The van der Waals surface area contributed by atoms with Crippen LogP contribution >= 0.6 is 22.6 Å². The predicted molar refractivity (Wildman–Crippen MR) is 59.1 cm³/mol. The standard InChI is InChI=1S/C9H13IO2/c10-7-6-9(12)5-3-1-2-4-8-11/h1-4,6-7,9,11-12H,5,8H2/b3-1-,4-2+,7-6+. The lowest BCUT2D eigenvalue weighted by atomic mass is 10.2. The quantitative estimate of drug-likeness (QED) is 0.595. The Hall–Kier alpha value is -0.130. The molecule has 0 aromatic carbocycles. The highest BCUT2D eigenvalue weighted by atomic mass is 127. The van der Waals surface area contributed by atoms with Gasteiger partial charge >= 0.3 is 0 Å². The van der Waals surface area contributed by atoms with Crippen LogP contribution in [0.5, 0.6) is 0 Å². The number of allylic oxidation sites excluding steroid dienone is 2. The van der Waals surface area contributed by atoms with Crippen molar-refractivity contribution in [3.8, 4) is 0 Å². The molecule has 0 bridgehead atoms. The van der Waals surface area contributed by atoms with Crippen molar-refractivity contribution in [2.45, 2.75) is 12.5 Å². The van der Waals surface area contributed by atoms with E-state index >= 15 is 0 Å². The van der Waals surface area contributed by atoms with Gasteiger partial charge in [-0.1, -0.05) is 46.9 Å². The van der Waals surface area contributed by atoms with Gasteiger partial charge in [-0.15, -0.1) is 0 Å². The number of hydrogen-bond acceptors (Lipinski definition) is 2. The Kier molecular flexibility index (Phi) is 8.86. The number of hydrogen-bond donors (Lipinski definition) is 2. The molecule has 0 aromatic heterocycles. The summed E-state index contributed by atoms with van der Waals surface area (Å²) < 4.78 is 1.79. The second-order valence-corrected chi connectivity index (χ2v) is 2.88. The molecule has 0 saturated carbocycles. The first kappa shape index (κ1) is 11.9. The summed E-state index contributed by atoms with van der Waals surface area (Å²) in [6.45, 7) is 0.0561. The minimum Gasteiger partial charge on any atom is -0.392 e. The van der Waals surface area contributed by atoms with Crippen LogP contribution in [0.3, 0.4) is 0 Å². The third-order valence-corrected chi connectivity index (χ3v) is 1.58. The molecule has 0 fully saturated rings. The number of aliphatic hydroxyl groups excluding tert-OH is 2. The van der Waals surface area contributed by atoms with E-state index in [2.05, 4.69) is 22.6 Å². The van der Waals surface area contributed by atoms with Crippen molar-refractivity contribution in [2.75, 3.05) is 6.61 Å². The van der Waals surface area contributed by atoms with E-state index in [-0.39, 0.29) is 6.61 Å². The molecule has 1 unspecified atom stereocenters. The largest absolute Gasteiger partial charge is 0.392 e. The maximum atomic E-state index is 9.19. The molecule has 0 saturated heterocycles. The first-order valence-electron chi connectivity index (χ1n) is 3.68. The van der Waals surface area contributed by atoms with E-state index in [1.54, 1.807) is 28.4 Å². The van der Waals surface area contributed by atoms with E-state index in [1.165, 1.54) is 0 Å². The molecular formula is C9H13IO2. The summed E-state index contributed by atoms with van der Waals surface area (Å²) in [7, 11) is 0. The van der Waals surface area contributed by atoms with Gasteiger partial charge in [0.05, 0.1) is 12.7 Å². The van der Waals surface area contributed by atoms with Crippen molar-refractivity contribution < 1.29 is 10.2 Å². The van der Waals surface area contributed by atoms with Gasteiger partial charge in [0.2, 0.25) is 0 Å². The highest BCUT2D eigenvalue weighted by Gasteiger charge is 1.91. The van der Waals surface area contributed by atoms with Crippen LogP contribution in [-0.4, -0.2) is 22.9 Å². The van der Waals surface area contributed by atoms with E-state index in [0.29, 0.717) is 6.42 Å². The fourth-order valence-electron chi connectivity index (χ4n) is 0.599. The number of rotatable bonds is 5. The molecule has 0 aliphatic heterocycles. The topological polar surface area (TPSA) is 40.5 Å². The lowest BCUT2D eigenvalue weighted by molar-refractivity contribution is 0.227. The van der Waals surface area contributed by atoms with Crippen LogP contribution in [0, 0.1) is 0 Å². The fraction of sp³-hybridized carbons (Fsp3) is 0.333. The zero-order valence-electron chi connectivity index (χ0n) is 6.73. The molecule has 0 spiro atoms. The van der Waals surface area contributed by atoms with Gasteiger partial charge in [-0.2, -0.15) is 0 Å². The van der Waals surface area contributed by atoms with E-state index in [9.17, 15) is 5.11 Å². The van der Waals surface area contributed by atoms with Crippen molar-refractivity contribution in [3.63, 3.8) is 0 Å². The maximum absolute atomic E-state index is 9.19. The third kappa shape index (κ3) is 7.97. The van der Waals surface area contributed by atoms with Crippen molar-refractivity contribution in [3.05, 3.63) is 34.5 Å². The Morgan fingerprint density at radius 3 is 2.50 bits per heavy atom. The molecular weight excluding hydrogens is 267 g/mol. The first-order valence-corrected chi connectivity index (χ1v) is 4.93. The Morgan fingerprint density at radius 1 is 1.25 bits per heavy atom. The van der Waals surface area contributed by atoms with E-state index in [0.717, 1.165) is 0 Å². The van der Waals surface area contributed by atoms with Crippen molar-refractivity contribution in [1.29, 1.82) is 0 Å². The van der Waals surface area contributed by atoms with Crippen LogP contribution in [0.25, 0.3) is 0 Å². The first-order chi connectivity index (χ1) is 5.81. The number of aliphatic hydroxyl groups is 2. The van der Waals surface area contributed by atoms with Crippen molar-refractivity contribution >= 4 is 22.6 Å². The van der Waals surface area contributed by atoms with Gasteiger partial charge in [0.1, 0.15) is 0 Å². The van der Waals surface area contributed by atoms with Crippen molar-refractivity contribution in [2.24, 2.45) is 0 Å². The normalized spacial score (nSPS) is 15.2. The molecule has 68 valence electrons. The lowest BCUT2D eigenvalue weighted by Crippen LogP contribution is -1.98. The molecule has 1 atom stereocenters. The molecule has 0 rings (SSSR count). The Bertz CT molecular complexity index is 173. The molecule has 2 N–H and O–H groups in total. The molecule has 0 aliphatic rings. The lowest BCUT2D eigenvalue weighted by Gasteiger charge is -1.97. The molecule has 3 heteroatoms. The van der Waals surface area contributed by atoms with Gasteiger partial charge in [-0.3, -0.25) is 0 Å². The average Bonchev–Trinajstić information content (AvgIpc) is 2.05. The predicted octanol–water partition coefficient (Wildman–Crippen LogP) is 1.79. The Labute approximate surface area is 86.4 Å². The third-order valence-electron chi connectivity index (χ3n) is 1.16. The van der Waals surface area contributed by atoms with Crippen LogP contribution in [0.15, 0.2) is 34.5 Å². The Balaban J connectivity index is 3.52. The monoisotopic (exact) mass is 280 g/mol. The molecule has 0 aromatic rings. The van der Waals surface area contributed by atoms with E-state index in [1.807, 2.05) is 6.08 Å². The fourth-order valence-corrected chi connectivity index (χ4v) is 1.08. The van der Waals surface area contributed by atoms with E-state index < -0.39 is 6.10 Å². The highest BCUT2D eigenvalue weighted by Crippen LogP contribution is 1.97. The molecule has 12 heavy (non-hydrogen) atoms. The van der Waals surface area contributed by atoms with Crippen LogP contribution in [0.1, 0.15) is 6.42 Å². The zero-order valence-corrected chi connectivity index (χ0v) is 8.89. The summed E-state index contributed by atoms with van der Waals surface area (Å²) in [5, 5.41) is 17.6. The summed E-state index contributed by atoms with van der Waals surface area (Å²) in [5.74, 6) is 0. The van der Waals surface area contributed by atoms with E-state index in [4.69, 9.17) is 5.11 Å². The van der Waals surface area contributed by atoms with Crippen LogP contribution in [0.2, 0.25) is 0 Å². The van der Waals surface area contributed by atoms with Gasteiger partial charge < -0.3 is 10.2 Å². The zero-order chi connectivity index (χ0) is 9.23. The number of halogens is 1. The molecule has 0 amide bonds. The van der Waals surface area contributed by atoms with Crippen LogP contribution in [0.4, 0.5) is 0 Å². The van der Waals surface area contributed by atoms with Crippen LogP contribution in [-0.2, 0) is 0 Å². The summed E-state index contributed by atoms with van der Waals surface area (Å²) in [4.78, 5) is 0. The minimum atomic E-state index is -0.402. The minimum absolute atomic E-state index is 0.0561. The molecule has 2 nitrogen and oxygen atoms in total. The molecule has 0 radical (unpaired) electrons. The maximum Gasteiger partial charge on any atom is 0.0762 e. The highest BCUT2D eigenvalue weighted by molar-refractivity contribution is 14.1. The Morgan fingerprint density at radius 2 is 1.92 bits per heavy atom. The molecule has 0 aliphatic carbocycles. The molecule has 0 heterocycles. The van der Waals surface area contributed by atoms with Gasteiger partial charge in [0.15, 0.2) is 0 Å².